The van der Waals surface area contributed by atoms with Gasteiger partial charge in [0.05, 0.1) is 5.56 Å². The van der Waals surface area contributed by atoms with Gasteiger partial charge >= 0.3 is 0 Å². The van der Waals surface area contributed by atoms with Crippen LogP contribution in [0.25, 0.3) is 0 Å². The molecule has 0 amide bonds. The summed E-state index contributed by atoms with van der Waals surface area (Å²) < 4.78 is 4.99. The van der Waals surface area contributed by atoms with Crippen molar-refractivity contribution < 1.29 is 4.74 Å². The highest BCUT2D eigenvalue weighted by atomic mass is 16.5. The topological polar surface area (TPSA) is 67.0 Å². The molecule has 2 N–H and O–H groups in total. The number of H-pyrrole nitrogens is 1. The van der Waals surface area contributed by atoms with E-state index < -0.39 is 0 Å². The first-order valence-electron chi connectivity index (χ1n) is 6.36. The van der Waals surface area contributed by atoms with Gasteiger partial charge < -0.3 is 15.0 Å². The second kappa shape index (κ2) is 7.28. The van der Waals surface area contributed by atoms with Gasteiger partial charge in [-0.05, 0) is 40.2 Å². The standard InChI is InChI=1S/C13H23N3O2/c1-9(14-7-5-6-8-18-4)12-10(2)15-11(3)16-13(12)17/h9,14H,5-8H2,1-4H3,(H,15,16,17). The Morgan fingerprint density at radius 1 is 1.39 bits per heavy atom. The summed E-state index contributed by atoms with van der Waals surface area (Å²) in [6, 6.07) is 0.0180. The van der Waals surface area contributed by atoms with E-state index in [-0.39, 0.29) is 11.6 Å². The number of hydrogen-bond donors (Lipinski definition) is 2. The van der Waals surface area contributed by atoms with Gasteiger partial charge in [-0.1, -0.05) is 0 Å². The Hall–Kier alpha value is -1.20. The van der Waals surface area contributed by atoms with E-state index in [0.717, 1.165) is 37.3 Å². The van der Waals surface area contributed by atoms with E-state index in [1.165, 1.54) is 0 Å². The molecule has 0 aromatic carbocycles. The highest BCUT2D eigenvalue weighted by Crippen LogP contribution is 2.10. The van der Waals surface area contributed by atoms with Crippen LogP contribution in [0.5, 0.6) is 0 Å². The molecule has 5 heteroatoms. The maximum absolute atomic E-state index is 11.9. The zero-order valence-corrected chi connectivity index (χ0v) is 11.7. The number of hydrogen-bond acceptors (Lipinski definition) is 4. The summed E-state index contributed by atoms with van der Waals surface area (Å²) in [6.07, 6.45) is 2.06. The number of nitrogens with zero attached hydrogens (tertiary/aromatic N) is 1. The van der Waals surface area contributed by atoms with Crippen molar-refractivity contribution >= 4 is 0 Å². The number of methoxy groups -OCH3 is 1. The fraction of sp³-hybridized carbons (Fsp3) is 0.692. The number of aromatic amines is 1. The minimum Gasteiger partial charge on any atom is -0.385 e. The van der Waals surface area contributed by atoms with Crippen molar-refractivity contribution in [2.45, 2.75) is 39.7 Å². The van der Waals surface area contributed by atoms with Crippen LogP contribution < -0.4 is 10.9 Å². The average molecular weight is 253 g/mol. The summed E-state index contributed by atoms with van der Waals surface area (Å²) in [5, 5.41) is 3.34. The van der Waals surface area contributed by atoms with Gasteiger partial charge in [-0.3, -0.25) is 4.79 Å². The summed E-state index contributed by atoms with van der Waals surface area (Å²) in [4.78, 5) is 18.9. The van der Waals surface area contributed by atoms with Gasteiger partial charge in [0, 0.05) is 25.5 Å². The zero-order chi connectivity index (χ0) is 13.5. The van der Waals surface area contributed by atoms with E-state index in [1.54, 1.807) is 14.0 Å². The maximum atomic E-state index is 11.9. The molecule has 1 aromatic heterocycles. The summed E-state index contributed by atoms with van der Waals surface area (Å²) in [6.45, 7) is 7.31. The Kier molecular flexibility index (Phi) is 6.01. The number of rotatable bonds is 7. The Bertz CT molecular complexity index is 429. The van der Waals surface area contributed by atoms with Crippen LogP contribution in [-0.2, 0) is 4.74 Å². The molecule has 1 rings (SSSR count). The number of aromatic nitrogens is 2. The lowest BCUT2D eigenvalue weighted by Crippen LogP contribution is -2.28. The van der Waals surface area contributed by atoms with Crippen LogP contribution in [0.4, 0.5) is 0 Å². The second-order valence-electron chi connectivity index (χ2n) is 4.53. The average Bonchev–Trinajstić information content (AvgIpc) is 2.27. The van der Waals surface area contributed by atoms with E-state index in [2.05, 4.69) is 15.3 Å². The van der Waals surface area contributed by atoms with Gasteiger partial charge in [0.25, 0.3) is 5.56 Å². The minimum absolute atomic E-state index is 0.0180. The normalized spacial score (nSPS) is 12.7. The highest BCUT2D eigenvalue weighted by Gasteiger charge is 2.13. The van der Waals surface area contributed by atoms with Gasteiger partial charge in [-0.15, -0.1) is 0 Å². The van der Waals surface area contributed by atoms with Crippen molar-refractivity contribution in [2.24, 2.45) is 0 Å². The first-order valence-corrected chi connectivity index (χ1v) is 6.36. The fourth-order valence-electron chi connectivity index (χ4n) is 2.04. The Labute approximate surface area is 108 Å². The van der Waals surface area contributed by atoms with Crippen LogP contribution in [0.15, 0.2) is 4.79 Å². The van der Waals surface area contributed by atoms with E-state index in [4.69, 9.17) is 4.74 Å². The predicted octanol–water partition coefficient (Wildman–Crippen LogP) is 1.46. The molecule has 1 unspecified atom stereocenters. The summed E-state index contributed by atoms with van der Waals surface area (Å²) in [5.41, 5.74) is 1.48. The van der Waals surface area contributed by atoms with Crippen molar-refractivity contribution in [3.8, 4) is 0 Å². The lowest BCUT2D eigenvalue weighted by atomic mass is 10.1. The van der Waals surface area contributed by atoms with Crippen LogP contribution in [0.3, 0.4) is 0 Å². The van der Waals surface area contributed by atoms with Crippen LogP contribution in [-0.4, -0.2) is 30.2 Å². The minimum atomic E-state index is -0.0445. The maximum Gasteiger partial charge on any atom is 0.255 e. The van der Waals surface area contributed by atoms with E-state index >= 15 is 0 Å². The molecule has 102 valence electrons. The van der Waals surface area contributed by atoms with Crippen LogP contribution in [0.2, 0.25) is 0 Å². The summed E-state index contributed by atoms with van der Waals surface area (Å²) >= 11 is 0. The number of aryl methyl sites for hydroxylation is 2. The second-order valence-corrected chi connectivity index (χ2v) is 4.53. The predicted molar refractivity (Wildman–Crippen MR) is 71.9 cm³/mol. The molecule has 0 fully saturated rings. The van der Waals surface area contributed by atoms with Crippen molar-refractivity contribution in [3.05, 3.63) is 27.4 Å². The molecule has 0 radical (unpaired) electrons. The molecule has 1 heterocycles. The van der Waals surface area contributed by atoms with Gasteiger partial charge in [0.2, 0.25) is 0 Å². The first-order chi connectivity index (χ1) is 8.56. The number of nitrogens with one attached hydrogen (secondary N) is 2. The summed E-state index contributed by atoms with van der Waals surface area (Å²) in [5.74, 6) is 0.661. The monoisotopic (exact) mass is 253 g/mol. The lowest BCUT2D eigenvalue weighted by molar-refractivity contribution is 0.192. The molecule has 0 aliphatic carbocycles. The largest absolute Gasteiger partial charge is 0.385 e. The number of ether oxygens (including phenoxy) is 1. The van der Waals surface area contributed by atoms with Gasteiger partial charge in [-0.2, -0.15) is 0 Å². The molecular weight excluding hydrogens is 230 g/mol. The van der Waals surface area contributed by atoms with Crippen molar-refractivity contribution in [2.75, 3.05) is 20.3 Å². The highest BCUT2D eigenvalue weighted by molar-refractivity contribution is 5.19. The van der Waals surface area contributed by atoms with Gasteiger partial charge in [0.15, 0.2) is 0 Å². The molecule has 0 aliphatic heterocycles. The first kappa shape index (κ1) is 14.9. The Morgan fingerprint density at radius 2 is 2.11 bits per heavy atom. The fourth-order valence-corrected chi connectivity index (χ4v) is 2.04. The smallest absolute Gasteiger partial charge is 0.255 e. The molecule has 1 atom stereocenters. The van der Waals surface area contributed by atoms with E-state index in [0.29, 0.717) is 5.82 Å². The van der Waals surface area contributed by atoms with Crippen molar-refractivity contribution in [1.82, 2.24) is 15.3 Å². The molecule has 0 bridgehead atoms. The van der Waals surface area contributed by atoms with Crippen molar-refractivity contribution in [1.29, 1.82) is 0 Å². The van der Waals surface area contributed by atoms with Crippen LogP contribution in [0.1, 0.15) is 42.9 Å². The quantitative estimate of drug-likeness (QED) is 0.722. The zero-order valence-electron chi connectivity index (χ0n) is 11.7. The Balaban J connectivity index is 2.56. The Morgan fingerprint density at radius 3 is 2.72 bits per heavy atom. The molecule has 0 saturated heterocycles. The molecule has 1 aromatic rings. The summed E-state index contributed by atoms with van der Waals surface area (Å²) in [7, 11) is 1.71. The molecular formula is C13H23N3O2. The molecule has 0 aliphatic rings. The number of unbranched alkanes of at least 4 members (excludes halogenated alkanes) is 1. The molecule has 0 saturated carbocycles. The van der Waals surface area contributed by atoms with E-state index in [1.807, 2.05) is 13.8 Å². The van der Waals surface area contributed by atoms with Gasteiger partial charge in [-0.25, -0.2) is 4.98 Å². The third kappa shape index (κ3) is 4.23. The molecule has 0 spiro atoms. The third-order valence-corrected chi connectivity index (χ3v) is 2.92. The lowest BCUT2D eigenvalue weighted by Gasteiger charge is -2.15. The van der Waals surface area contributed by atoms with Crippen LogP contribution in [0, 0.1) is 13.8 Å². The molecule has 18 heavy (non-hydrogen) atoms. The van der Waals surface area contributed by atoms with E-state index in [9.17, 15) is 4.79 Å². The molecule has 5 nitrogen and oxygen atoms in total. The van der Waals surface area contributed by atoms with Crippen LogP contribution >= 0.6 is 0 Å². The van der Waals surface area contributed by atoms with Crippen molar-refractivity contribution in [3.63, 3.8) is 0 Å². The van der Waals surface area contributed by atoms with Gasteiger partial charge in [0.1, 0.15) is 5.82 Å². The third-order valence-electron chi connectivity index (χ3n) is 2.92. The SMILES string of the molecule is COCCCCNC(C)c1c(C)nc(C)[nH]c1=O.